The molecule has 0 aliphatic carbocycles. The fraction of sp³-hybridized carbons (Fsp3) is 0.700. The van der Waals surface area contributed by atoms with Crippen molar-refractivity contribution in [3.63, 3.8) is 0 Å². The van der Waals surface area contributed by atoms with E-state index in [1.165, 1.54) is 32.1 Å². The van der Waals surface area contributed by atoms with Crippen molar-refractivity contribution in [3.8, 4) is 0 Å². The van der Waals surface area contributed by atoms with E-state index in [2.05, 4.69) is 24.4 Å². The van der Waals surface area contributed by atoms with Crippen LogP contribution in [0.3, 0.4) is 0 Å². The lowest BCUT2D eigenvalue weighted by atomic mass is 9.97. The van der Waals surface area contributed by atoms with Gasteiger partial charge in [0.05, 0.1) is 5.92 Å². The molecule has 1 unspecified atom stereocenters. The molecule has 138 valence electrons. The van der Waals surface area contributed by atoms with E-state index < -0.39 is 5.97 Å². The van der Waals surface area contributed by atoms with Gasteiger partial charge >= 0.3 is 0 Å². The maximum absolute atomic E-state index is 5.60. The highest BCUT2D eigenvalue weighted by Gasteiger charge is 2.39. The maximum Gasteiger partial charge on any atom is 0.286 e. The molecule has 1 aromatic carbocycles. The molecule has 0 aliphatic rings. The largest absolute Gasteiger partial charge is 0.384 e. The first kappa shape index (κ1) is 20.9. The van der Waals surface area contributed by atoms with Gasteiger partial charge < -0.3 is 19.5 Å². The first-order chi connectivity index (χ1) is 11.7. The summed E-state index contributed by atoms with van der Waals surface area (Å²) in [6, 6.07) is 10.2. The fourth-order valence-corrected chi connectivity index (χ4v) is 3.12. The quantitative estimate of drug-likeness (QED) is 0.380. The summed E-state index contributed by atoms with van der Waals surface area (Å²) in [7, 11) is 4.93. The SMILES string of the molecule is CCCCCCCCC(CNc1ccccc1)C(OC)(OC)OC. The normalized spacial score (nSPS) is 13.0. The highest BCUT2D eigenvalue weighted by molar-refractivity contribution is 5.42. The second-order valence-corrected chi connectivity index (χ2v) is 6.22. The number of hydrogen-bond acceptors (Lipinski definition) is 4. The van der Waals surface area contributed by atoms with Gasteiger partial charge in [-0.2, -0.15) is 0 Å². The van der Waals surface area contributed by atoms with Gasteiger partial charge in [0.1, 0.15) is 0 Å². The predicted octanol–water partition coefficient (Wildman–Crippen LogP) is 5.06. The Balaban J connectivity index is 2.58. The molecule has 1 atom stereocenters. The van der Waals surface area contributed by atoms with E-state index in [1.54, 1.807) is 21.3 Å². The van der Waals surface area contributed by atoms with Crippen molar-refractivity contribution in [2.75, 3.05) is 33.2 Å². The first-order valence-corrected chi connectivity index (χ1v) is 9.16. The molecule has 0 radical (unpaired) electrons. The van der Waals surface area contributed by atoms with Gasteiger partial charge in [0.15, 0.2) is 0 Å². The average molecular weight is 338 g/mol. The predicted molar refractivity (Wildman–Crippen MR) is 100 cm³/mol. The van der Waals surface area contributed by atoms with Crippen LogP contribution in [0.15, 0.2) is 30.3 Å². The molecule has 0 saturated carbocycles. The average Bonchev–Trinajstić information content (AvgIpc) is 2.64. The topological polar surface area (TPSA) is 39.7 Å². The second-order valence-electron chi connectivity index (χ2n) is 6.22. The number of unbranched alkanes of at least 4 members (excludes halogenated alkanes) is 5. The molecule has 0 amide bonds. The standard InChI is InChI=1S/C20H35NO3/c1-5-6-7-8-9-11-14-18(20(22-2,23-3)24-4)17-21-19-15-12-10-13-16-19/h10,12-13,15-16,18,21H,5-9,11,14,17H2,1-4H3. The number of methoxy groups -OCH3 is 3. The zero-order chi connectivity index (χ0) is 17.7. The van der Waals surface area contributed by atoms with Crippen LogP contribution in [0.25, 0.3) is 0 Å². The summed E-state index contributed by atoms with van der Waals surface area (Å²) in [6.45, 7) is 2.99. The summed E-state index contributed by atoms with van der Waals surface area (Å²) < 4.78 is 16.8. The first-order valence-electron chi connectivity index (χ1n) is 9.16. The van der Waals surface area contributed by atoms with Crippen molar-refractivity contribution in [2.45, 2.75) is 57.8 Å². The minimum Gasteiger partial charge on any atom is -0.384 e. The number of rotatable bonds is 14. The van der Waals surface area contributed by atoms with E-state index in [0.717, 1.165) is 25.1 Å². The van der Waals surface area contributed by atoms with Crippen molar-refractivity contribution in [3.05, 3.63) is 30.3 Å². The number of ether oxygens (including phenoxy) is 3. The van der Waals surface area contributed by atoms with Crippen molar-refractivity contribution in [2.24, 2.45) is 5.92 Å². The van der Waals surface area contributed by atoms with Gasteiger partial charge in [-0.3, -0.25) is 0 Å². The summed E-state index contributed by atoms with van der Waals surface area (Å²) in [6.07, 6.45) is 8.64. The number of nitrogens with one attached hydrogen (secondary N) is 1. The molecule has 0 bridgehead atoms. The molecule has 1 aromatic rings. The molecular formula is C20H35NO3. The van der Waals surface area contributed by atoms with Crippen LogP contribution in [0.4, 0.5) is 5.69 Å². The Bertz CT molecular complexity index is 398. The van der Waals surface area contributed by atoms with E-state index in [4.69, 9.17) is 14.2 Å². The van der Waals surface area contributed by atoms with Gasteiger partial charge in [-0.1, -0.05) is 63.6 Å². The minimum atomic E-state index is -0.995. The smallest absolute Gasteiger partial charge is 0.286 e. The van der Waals surface area contributed by atoms with E-state index >= 15 is 0 Å². The Kier molecular flexibility index (Phi) is 10.7. The van der Waals surface area contributed by atoms with Crippen molar-refractivity contribution in [1.29, 1.82) is 0 Å². The molecule has 4 nitrogen and oxygen atoms in total. The number of anilines is 1. The summed E-state index contributed by atoms with van der Waals surface area (Å²) in [5.74, 6) is -0.880. The zero-order valence-electron chi connectivity index (χ0n) is 15.8. The Morgan fingerprint density at radius 2 is 1.46 bits per heavy atom. The Morgan fingerprint density at radius 3 is 2.04 bits per heavy atom. The lowest BCUT2D eigenvalue weighted by molar-refractivity contribution is -0.377. The van der Waals surface area contributed by atoms with Crippen molar-refractivity contribution >= 4 is 5.69 Å². The van der Waals surface area contributed by atoms with E-state index in [0.29, 0.717) is 0 Å². The third-order valence-electron chi connectivity index (χ3n) is 4.59. The summed E-state index contributed by atoms with van der Waals surface area (Å²) in [5, 5.41) is 3.47. The molecule has 4 heteroatoms. The highest BCUT2D eigenvalue weighted by Crippen LogP contribution is 2.29. The summed E-state index contributed by atoms with van der Waals surface area (Å²) in [4.78, 5) is 0. The molecule has 0 spiro atoms. The Morgan fingerprint density at radius 1 is 0.875 bits per heavy atom. The molecule has 0 aliphatic heterocycles. The Hall–Kier alpha value is -1.10. The van der Waals surface area contributed by atoms with E-state index in [1.807, 2.05) is 18.2 Å². The molecule has 0 heterocycles. The monoisotopic (exact) mass is 337 g/mol. The third-order valence-corrected chi connectivity index (χ3v) is 4.59. The minimum absolute atomic E-state index is 0.115. The van der Waals surface area contributed by atoms with Crippen LogP contribution >= 0.6 is 0 Å². The Labute approximate surface area is 147 Å². The van der Waals surface area contributed by atoms with Gasteiger partial charge in [0, 0.05) is 33.6 Å². The van der Waals surface area contributed by atoms with E-state index in [-0.39, 0.29) is 5.92 Å². The van der Waals surface area contributed by atoms with Crippen LogP contribution in [0.5, 0.6) is 0 Å². The zero-order valence-corrected chi connectivity index (χ0v) is 15.8. The summed E-state index contributed by atoms with van der Waals surface area (Å²) in [5.41, 5.74) is 1.10. The number of hydrogen-bond donors (Lipinski definition) is 1. The van der Waals surface area contributed by atoms with Gasteiger partial charge in [-0.15, -0.1) is 0 Å². The molecule has 0 saturated heterocycles. The van der Waals surface area contributed by atoms with Crippen LogP contribution in [0.2, 0.25) is 0 Å². The summed E-state index contributed by atoms with van der Waals surface area (Å²) >= 11 is 0. The van der Waals surface area contributed by atoms with Gasteiger partial charge in [-0.25, -0.2) is 0 Å². The molecular weight excluding hydrogens is 302 g/mol. The van der Waals surface area contributed by atoms with Crippen molar-refractivity contribution < 1.29 is 14.2 Å². The van der Waals surface area contributed by atoms with Gasteiger partial charge in [0.2, 0.25) is 0 Å². The molecule has 1 N–H and O–H groups in total. The highest BCUT2D eigenvalue weighted by atomic mass is 16.9. The lowest BCUT2D eigenvalue weighted by Gasteiger charge is -2.36. The molecule has 0 fully saturated rings. The van der Waals surface area contributed by atoms with Gasteiger partial charge in [-0.05, 0) is 18.6 Å². The molecule has 24 heavy (non-hydrogen) atoms. The fourth-order valence-electron chi connectivity index (χ4n) is 3.12. The van der Waals surface area contributed by atoms with Gasteiger partial charge in [0.25, 0.3) is 5.97 Å². The lowest BCUT2D eigenvalue weighted by Crippen LogP contribution is -2.46. The maximum atomic E-state index is 5.60. The van der Waals surface area contributed by atoms with Crippen LogP contribution in [0, 0.1) is 5.92 Å². The third kappa shape index (κ3) is 6.80. The second kappa shape index (κ2) is 12.3. The van der Waals surface area contributed by atoms with Crippen LogP contribution in [-0.4, -0.2) is 33.8 Å². The number of benzene rings is 1. The van der Waals surface area contributed by atoms with Crippen molar-refractivity contribution in [1.82, 2.24) is 0 Å². The molecule has 1 rings (SSSR count). The van der Waals surface area contributed by atoms with Crippen LogP contribution < -0.4 is 5.32 Å². The van der Waals surface area contributed by atoms with Crippen LogP contribution in [-0.2, 0) is 14.2 Å². The van der Waals surface area contributed by atoms with E-state index in [9.17, 15) is 0 Å². The van der Waals surface area contributed by atoms with Crippen LogP contribution in [0.1, 0.15) is 51.9 Å². The number of para-hydroxylation sites is 1. The molecule has 0 aromatic heterocycles.